The number of hydrogen-bond acceptors (Lipinski definition) is 5. The molecule has 0 aromatic rings. The maximum Gasteiger partial charge on any atom is 0.305 e. The van der Waals surface area contributed by atoms with Gasteiger partial charge in [-0.05, 0) is 53.8 Å². The molecule has 35 heavy (non-hydrogen) atoms. The van der Waals surface area contributed by atoms with Crippen molar-refractivity contribution < 1.29 is 23.4 Å². The summed E-state index contributed by atoms with van der Waals surface area (Å²) in [5.41, 5.74) is 0. The highest BCUT2D eigenvalue weighted by Crippen LogP contribution is 2.38. The quantitative estimate of drug-likeness (QED) is 0.0927. The molecule has 5 nitrogen and oxygen atoms in total. The van der Waals surface area contributed by atoms with Crippen LogP contribution in [0.15, 0.2) is 10.2 Å². The van der Waals surface area contributed by atoms with Gasteiger partial charge in [-0.2, -0.15) is 0 Å². The number of rotatable bonds is 17. The average Bonchev–Trinajstić information content (AvgIpc) is 2.78. The van der Waals surface area contributed by atoms with Gasteiger partial charge in [-0.25, -0.2) is 0 Å². The third kappa shape index (κ3) is 12.0. The van der Waals surface area contributed by atoms with Crippen molar-refractivity contribution in [3.05, 3.63) is 10.2 Å². The summed E-state index contributed by atoms with van der Waals surface area (Å²) in [4.78, 5) is 12.3. The lowest BCUT2D eigenvalue weighted by atomic mass is 9.84. The first kappa shape index (κ1) is 35.0. The standard InChI is InChI=1S/C28H55IO5Si/c1-13-23(34-35(11,12)28(6,7)8)19-25(31-9)20(3)15-16-24(33-26(30)14-2)22(5)27(32-10)21(4)17-18-29/h17-18,20-25,27H,13-16,19H2,1-12H3/b18-17+. The van der Waals surface area contributed by atoms with Crippen LogP contribution in [0.2, 0.25) is 18.1 Å². The van der Waals surface area contributed by atoms with Crippen LogP contribution in [-0.2, 0) is 23.4 Å². The van der Waals surface area contributed by atoms with E-state index in [1.165, 1.54) is 0 Å². The topological polar surface area (TPSA) is 54.0 Å². The summed E-state index contributed by atoms with van der Waals surface area (Å²) in [6, 6.07) is 0. The van der Waals surface area contributed by atoms with E-state index in [2.05, 4.69) is 90.2 Å². The van der Waals surface area contributed by atoms with Crippen LogP contribution in [0.1, 0.15) is 87.5 Å². The summed E-state index contributed by atoms with van der Waals surface area (Å²) in [7, 11) is 1.70. The Labute approximate surface area is 231 Å². The fourth-order valence-corrected chi connectivity index (χ4v) is 6.45. The van der Waals surface area contributed by atoms with Gasteiger partial charge in [0.25, 0.3) is 0 Å². The molecule has 0 aliphatic rings. The van der Waals surface area contributed by atoms with Gasteiger partial charge in [-0.15, -0.1) is 0 Å². The van der Waals surface area contributed by atoms with Crippen molar-refractivity contribution in [1.82, 2.24) is 0 Å². The number of carbonyl (C=O) groups is 1. The Morgan fingerprint density at radius 2 is 1.60 bits per heavy atom. The molecule has 0 saturated heterocycles. The number of halogens is 1. The van der Waals surface area contributed by atoms with Crippen LogP contribution in [0.25, 0.3) is 0 Å². The van der Waals surface area contributed by atoms with Gasteiger partial charge in [-0.3, -0.25) is 4.79 Å². The minimum absolute atomic E-state index is 0.0216. The Morgan fingerprint density at radius 3 is 2.03 bits per heavy atom. The minimum atomic E-state index is -1.84. The molecule has 7 unspecified atom stereocenters. The number of ether oxygens (including phenoxy) is 3. The van der Waals surface area contributed by atoms with Crippen LogP contribution in [0.5, 0.6) is 0 Å². The van der Waals surface area contributed by atoms with Crippen molar-refractivity contribution in [2.75, 3.05) is 14.2 Å². The summed E-state index contributed by atoms with van der Waals surface area (Å²) >= 11 is 2.24. The molecule has 0 bridgehead atoms. The Hall–Kier alpha value is 0.0369. The van der Waals surface area contributed by atoms with Crippen molar-refractivity contribution in [2.24, 2.45) is 17.8 Å². The van der Waals surface area contributed by atoms with Crippen LogP contribution in [0.3, 0.4) is 0 Å². The second-order valence-electron chi connectivity index (χ2n) is 11.6. The van der Waals surface area contributed by atoms with E-state index >= 15 is 0 Å². The van der Waals surface area contributed by atoms with Crippen molar-refractivity contribution >= 4 is 36.9 Å². The highest BCUT2D eigenvalue weighted by molar-refractivity contribution is 14.1. The molecule has 0 aliphatic carbocycles. The molecule has 0 rings (SSSR count). The van der Waals surface area contributed by atoms with Crippen LogP contribution in [-0.4, -0.2) is 52.9 Å². The molecule has 0 spiro atoms. The zero-order valence-electron chi connectivity index (χ0n) is 24.7. The van der Waals surface area contributed by atoms with Gasteiger partial charge >= 0.3 is 5.97 Å². The first-order valence-electron chi connectivity index (χ1n) is 13.4. The highest BCUT2D eigenvalue weighted by atomic mass is 127. The third-order valence-corrected chi connectivity index (χ3v) is 12.9. The number of methoxy groups -OCH3 is 2. The Kier molecular flexibility index (Phi) is 16.8. The zero-order valence-corrected chi connectivity index (χ0v) is 27.8. The fourth-order valence-electron chi connectivity index (χ4n) is 4.35. The van der Waals surface area contributed by atoms with Crippen molar-refractivity contribution in [3.63, 3.8) is 0 Å². The summed E-state index contributed by atoms with van der Waals surface area (Å²) in [6.45, 7) is 22.1. The van der Waals surface area contributed by atoms with Gasteiger partial charge in [0.15, 0.2) is 8.32 Å². The largest absolute Gasteiger partial charge is 0.462 e. The van der Waals surface area contributed by atoms with Crippen LogP contribution in [0.4, 0.5) is 0 Å². The maximum atomic E-state index is 12.3. The lowest BCUT2D eigenvalue weighted by molar-refractivity contribution is -0.155. The Morgan fingerprint density at radius 1 is 1.00 bits per heavy atom. The van der Waals surface area contributed by atoms with Gasteiger partial charge in [0.05, 0.1) is 12.2 Å². The number of esters is 1. The molecule has 208 valence electrons. The molecular formula is C28H55IO5Si. The normalized spacial score (nSPS) is 19.1. The molecule has 7 heteroatoms. The summed E-state index contributed by atoms with van der Waals surface area (Å²) < 4.78 is 26.5. The first-order chi connectivity index (χ1) is 16.2. The molecule has 0 aromatic heterocycles. The van der Waals surface area contributed by atoms with Gasteiger partial charge < -0.3 is 18.6 Å². The van der Waals surface area contributed by atoms with E-state index in [9.17, 15) is 4.79 Å². The van der Waals surface area contributed by atoms with Gasteiger partial charge in [0.2, 0.25) is 0 Å². The van der Waals surface area contributed by atoms with Crippen LogP contribution < -0.4 is 0 Å². The number of hydrogen-bond donors (Lipinski definition) is 0. The van der Waals surface area contributed by atoms with E-state index in [-0.39, 0.29) is 47.3 Å². The summed E-state index contributed by atoms with van der Waals surface area (Å²) in [5.74, 6) is 0.478. The molecular weight excluding hydrogens is 571 g/mol. The van der Waals surface area contributed by atoms with E-state index in [1.54, 1.807) is 14.2 Å². The minimum Gasteiger partial charge on any atom is -0.462 e. The predicted octanol–water partition coefficient (Wildman–Crippen LogP) is 8.17. The van der Waals surface area contributed by atoms with Gasteiger partial charge in [-0.1, -0.05) is 84.1 Å². The molecule has 0 saturated carbocycles. The third-order valence-electron chi connectivity index (χ3n) is 7.90. The first-order valence-corrected chi connectivity index (χ1v) is 17.5. The molecule has 0 fully saturated rings. The van der Waals surface area contributed by atoms with E-state index in [0.29, 0.717) is 12.3 Å². The maximum absolute atomic E-state index is 12.3. The average molecular weight is 627 g/mol. The fraction of sp³-hybridized carbons (Fsp3) is 0.893. The second kappa shape index (κ2) is 16.8. The van der Waals surface area contributed by atoms with Crippen molar-refractivity contribution in [1.29, 1.82) is 0 Å². The van der Waals surface area contributed by atoms with Crippen molar-refractivity contribution in [3.8, 4) is 0 Å². The van der Waals surface area contributed by atoms with E-state index in [0.717, 1.165) is 25.7 Å². The van der Waals surface area contributed by atoms with Crippen molar-refractivity contribution in [2.45, 2.75) is 130 Å². The number of carbonyl (C=O) groups excluding carboxylic acids is 1. The second-order valence-corrected chi connectivity index (χ2v) is 17.1. The van der Waals surface area contributed by atoms with Crippen LogP contribution in [0, 0.1) is 17.8 Å². The molecule has 0 amide bonds. The van der Waals surface area contributed by atoms with E-state index < -0.39 is 8.32 Å². The predicted molar refractivity (Wildman–Crippen MR) is 159 cm³/mol. The lowest BCUT2D eigenvalue weighted by Gasteiger charge is -2.40. The lowest BCUT2D eigenvalue weighted by Crippen LogP contribution is -2.45. The van der Waals surface area contributed by atoms with Gasteiger partial charge in [0, 0.05) is 38.6 Å². The molecule has 0 aromatic carbocycles. The smallest absolute Gasteiger partial charge is 0.305 e. The molecule has 0 heterocycles. The summed E-state index contributed by atoms with van der Waals surface area (Å²) in [6.07, 6.45) is 6.15. The van der Waals surface area contributed by atoms with E-state index in [1.807, 2.05) is 11.0 Å². The van der Waals surface area contributed by atoms with E-state index in [4.69, 9.17) is 18.6 Å². The molecule has 0 radical (unpaired) electrons. The van der Waals surface area contributed by atoms with Crippen LogP contribution >= 0.6 is 22.6 Å². The Balaban J connectivity index is 5.41. The SMILES string of the molecule is CCC(=O)OC(CCC(C)C(CC(CC)O[Si](C)(C)C(C)(C)C)OC)C(C)C(OC)C(C)/C=C/I. The highest BCUT2D eigenvalue weighted by Gasteiger charge is 2.39. The van der Waals surface area contributed by atoms with Gasteiger partial charge in [0.1, 0.15) is 6.10 Å². The molecule has 7 atom stereocenters. The molecule has 0 N–H and O–H groups in total. The Bertz CT molecular complexity index is 619. The zero-order chi connectivity index (χ0) is 27.4. The molecule has 0 aliphatic heterocycles. The monoisotopic (exact) mass is 626 g/mol. The summed E-state index contributed by atoms with van der Waals surface area (Å²) in [5, 5.41) is 0.183.